The lowest BCUT2D eigenvalue weighted by Crippen LogP contribution is -2.25. The molecule has 1 rings (SSSR count). The fourth-order valence-corrected chi connectivity index (χ4v) is 4.99. The van der Waals surface area contributed by atoms with Crippen LogP contribution in [0.4, 0.5) is 0 Å². The summed E-state index contributed by atoms with van der Waals surface area (Å²) in [5.74, 6) is 0. The molecule has 0 aromatic heterocycles. The van der Waals surface area contributed by atoms with Gasteiger partial charge in [-0.05, 0) is 66.6 Å². The average molecular weight is 337 g/mol. The molecule has 0 aromatic rings. The van der Waals surface area contributed by atoms with Gasteiger partial charge in [0.1, 0.15) is 0 Å². The standard InChI is InChI=1S/C24H48/c1-21(2)14-10-9-11-17-23(5,6)20-24(7,8)19-18-22(3,4)16-13-12-15-21/h9-20H2,1-8H3. The summed E-state index contributed by atoms with van der Waals surface area (Å²) in [6.45, 7) is 20.0. The Balaban J connectivity index is 2.71. The van der Waals surface area contributed by atoms with Gasteiger partial charge in [0.2, 0.25) is 0 Å². The third kappa shape index (κ3) is 9.47. The Kier molecular flexibility index (Phi) is 7.89. The SMILES string of the molecule is CC1(C)CCCCCC(C)(C)CC(C)(C)CCC(C)(C)CCCC1. The maximum Gasteiger partial charge on any atom is -0.0349 e. The van der Waals surface area contributed by atoms with Gasteiger partial charge >= 0.3 is 0 Å². The second-order valence-corrected chi connectivity index (χ2v) is 12.1. The third-order valence-corrected chi connectivity index (χ3v) is 6.60. The quantitative estimate of drug-likeness (QED) is 0.414. The van der Waals surface area contributed by atoms with Crippen LogP contribution in [0.2, 0.25) is 0 Å². The lowest BCUT2D eigenvalue weighted by Gasteiger charge is -2.38. The van der Waals surface area contributed by atoms with Crippen LogP contribution in [0.5, 0.6) is 0 Å². The molecule has 0 aromatic carbocycles. The average Bonchev–Trinajstić information content (AvgIpc) is 2.39. The molecule has 0 unspecified atom stereocenters. The first kappa shape index (κ1) is 22.0. The third-order valence-electron chi connectivity index (χ3n) is 6.60. The van der Waals surface area contributed by atoms with Crippen LogP contribution in [-0.2, 0) is 0 Å². The molecule has 0 aliphatic heterocycles. The van der Waals surface area contributed by atoms with Crippen molar-refractivity contribution < 1.29 is 0 Å². The molecular weight excluding hydrogens is 288 g/mol. The largest absolute Gasteiger partial charge is 0.0599 e. The van der Waals surface area contributed by atoms with Gasteiger partial charge in [0.15, 0.2) is 0 Å². The molecule has 1 fully saturated rings. The minimum absolute atomic E-state index is 0.486. The van der Waals surface area contributed by atoms with Crippen LogP contribution in [0, 0.1) is 21.7 Å². The van der Waals surface area contributed by atoms with E-state index < -0.39 is 0 Å². The second-order valence-electron chi connectivity index (χ2n) is 12.1. The highest BCUT2D eigenvalue weighted by molar-refractivity contribution is 4.82. The molecule has 0 N–H and O–H groups in total. The van der Waals surface area contributed by atoms with Gasteiger partial charge < -0.3 is 0 Å². The summed E-state index contributed by atoms with van der Waals surface area (Å²) in [5, 5.41) is 0. The molecule has 0 bridgehead atoms. The predicted molar refractivity (Wildman–Crippen MR) is 111 cm³/mol. The van der Waals surface area contributed by atoms with Crippen LogP contribution in [0.15, 0.2) is 0 Å². The van der Waals surface area contributed by atoms with Crippen LogP contribution in [0.1, 0.15) is 132 Å². The Morgan fingerprint density at radius 3 is 1.12 bits per heavy atom. The van der Waals surface area contributed by atoms with Crippen LogP contribution < -0.4 is 0 Å². The van der Waals surface area contributed by atoms with Gasteiger partial charge in [-0.25, -0.2) is 0 Å². The number of rotatable bonds is 0. The molecule has 0 spiro atoms. The van der Waals surface area contributed by atoms with Crippen molar-refractivity contribution in [1.29, 1.82) is 0 Å². The van der Waals surface area contributed by atoms with Crippen molar-refractivity contribution in [3.8, 4) is 0 Å². The molecule has 0 radical (unpaired) electrons. The summed E-state index contributed by atoms with van der Waals surface area (Å²) < 4.78 is 0. The summed E-state index contributed by atoms with van der Waals surface area (Å²) in [6.07, 6.45) is 16.9. The summed E-state index contributed by atoms with van der Waals surface area (Å²) in [5.41, 5.74) is 2.06. The monoisotopic (exact) mass is 336 g/mol. The van der Waals surface area contributed by atoms with Gasteiger partial charge in [0, 0.05) is 0 Å². The van der Waals surface area contributed by atoms with E-state index in [9.17, 15) is 0 Å². The smallest absolute Gasteiger partial charge is 0.0349 e. The minimum Gasteiger partial charge on any atom is -0.0599 e. The number of hydrogen-bond donors (Lipinski definition) is 0. The summed E-state index contributed by atoms with van der Waals surface area (Å²) in [6, 6.07) is 0. The molecule has 1 aliphatic carbocycles. The topological polar surface area (TPSA) is 0 Å². The zero-order chi connectivity index (χ0) is 18.5. The highest BCUT2D eigenvalue weighted by Gasteiger charge is 2.30. The van der Waals surface area contributed by atoms with Gasteiger partial charge in [-0.15, -0.1) is 0 Å². The van der Waals surface area contributed by atoms with Crippen molar-refractivity contribution in [1.82, 2.24) is 0 Å². The van der Waals surface area contributed by atoms with Crippen LogP contribution >= 0.6 is 0 Å². The van der Waals surface area contributed by atoms with E-state index >= 15 is 0 Å². The van der Waals surface area contributed by atoms with E-state index in [1.54, 1.807) is 0 Å². The van der Waals surface area contributed by atoms with Gasteiger partial charge in [-0.1, -0.05) is 87.5 Å². The second kappa shape index (κ2) is 8.59. The Labute approximate surface area is 154 Å². The highest BCUT2D eigenvalue weighted by Crippen LogP contribution is 2.43. The van der Waals surface area contributed by atoms with Crippen molar-refractivity contribution in [3.05, 3.63) is 0 Å². The maximum atomic E-state index is 2.51. The van der Waals surface area contributed by atoms with E-state index in [4.69, 9.17) is 0 Å². The van der Waals surface area contributed by atoms with Gasteiger partial charge in [0.25, 0.3) is 0 Å². The van der Waals surface area contributed by atoms with E-state index in [0.29, 0.717) is 21.7 Å². The van der Waals surface area contributed by atoms with Gasteiger partial charge in [-0.3, -0.25) is 0 Å². The highest BCUT2D eigenvalue weighted by atomic mass is 14.4. The van der Waals surface area contributed by atoms with Crippen molar-refractivity contribution in [2.75, 3.05) is 0 Å². The predicted octanol–water partition coefficient (Wildman–Crippen LogP) is 8.79. The molecule has 0 heterocycles. The summed E-state index contributed by atoms with van der Waals surface area (Å²) in [4.78, 5) is 0. The van der Waals surface area contributed by atoms with Crippen LogP contribution in [0.3, 0.4) is 0 Å². The summed E-state index contributed by atoms with van der Waals surface area (Å²) in [7, 11) is 0. The van der Waals surface area contributed by atoms with Crippen LogP contribution in [-0.4, -0.2) is 0 Å². The van der Waals surface area contributed by atoms with Gasteiger partial charge in [-0.2, -0.15) is 0 Å². The molecular formula is C24H48. The molecule has 0 saturated heterocycles. The molecule has 0 heteroatoms. The van der Waals surface area contributed by atoms with Crippen molar-refractivity contribution in [2.45, 2.75) is 132 Å². The Morgan fingerprint density at radius 2 is 0.625 bits per heavy atom. The fourth-order valence-electron chi connectivity index (χ4n) is 4.99. The zero-order valence-electron chi connectivity index (χ0n) is 18.5. The van der Waals surface area contributed by atoms with Crippen molar-refractivity contribution >= 4 is 0 Å². The Morgan fingerprint density at radius 1 is 0.333 bits per heavy atom. The van der Waals surface area contributed by atoms with E-state index in [2.05, 4.69) is 55.4 Å². The van der Waals surface area contributed by atoms with E-state index in [-0.39, 0.29) is 0 Å². The van der Waals surface area contributed by atoms with E-state index in [1.807, 2.05) is 0 Å². The normalized spacial score (nSPS) is 29.0. The molecule has 1 saturated carbocycles. The molecule has 0 amide bonds. The van der Waals surface area contributed by atoms with E-state index in [1.165, 1.54) is 77.0 Å². The lowest BCUT2D eigenvalue weighted by atomic mass is 9.68. The lowest BCUT2D eigenvalue weighted by molar-refractivity contribution is 0.139. The van der Waals surface area contributed by atoms with Crippen molar-refractivity contribution in [2.24, 2.45) is 21.7 Å². The first-order valence-electron chi connectivity index (χ1n) is 10.8. The molecule has 0 nitrogen and oxygen atoms in total. The first-order chi connectivity index (χ1) is 10.8. The maximum absolute atomic E-state index is 2.51. The van der Waals surface area contributed by atoms with E-state index in [0.717, 1.165) is 0 Å². The fraction of sp³-hybridized carbons (Fsp3) is 1.00. The summed E-state index contributed by atoms with van der Waals surface area (Å²) >= 11 is 0. The molecule has 24 heavy (non-hydrogen) atoms. The van der Waals surface area contributed by atoms with Crippen molar-refractivity contribution in [3.63, 3.8) is 0 Å². The number of hydrogen-bond acceptors (Lipinski definition) is 0. The van der Waals surface area contributed by atoms with Crippen LogP contribution in [0.25, 0.3) is 0 Å². The Bertz CT molecular complexity index is 356. The molecule has 144 valence electrons. The molecule has 1 aliphatic rings. The first-order valence-corrected chi connectivity index (χ1v) is 10.8. The minimum atomic E-state index is 0.486. The van der Waals surface area contributed by atoms with Gasteiger partial charge in [0.05, 0.1) is 0 Å². The zero-order valence-corrected chi connectivity index (χ0v) is 18.5. The molecule has 0 atom stereocenters. The Hall–Kier alpha value is 0.